The molecule has 0 N–H and O–H groups in total. The lowest BCUT2D eigenvalue weighted by molar-refractivity contribution is 0.0208. The smallest absolute Gasteiger partial charge is 0.156 e. The summed E-state index contributed by atoms with van der Waals surface area (Å²) in [6.45, 7) is 0.597. The molecule has 0 unspecified atom stereocenters. The maximum atomic E-state index is 5.22. The molecule has 0 aromatic heterocycles. The SMILES string of the molecule is COC[C@@H]1CC(c2ccccc2)=NO1. The molecule has 3 nitrogen and oxygen atoms in total. The second-order valence-electron chi connectivity index (χ2n) is 3.29. The Morgan fingerprint density at radius 3 is 2.93 bits per heavy atom. The van der Waals surface area contributed by atoms with Gasteiger partial charge >= 0.3 is 0 Å². The molecule has 0 aliphatic carbocycles. The van der Waals surface area contributed by atoms with Crippen LogP contribution >= 0.6 is 0 Å². The van der Waals surface area contributed by atoms with Gasteiger partial charge in [0, 0.05) is 13.5 Å². The molecular weight excluding hydrogens is 178 g/mol. The predicted molar refractivity (Wildman–Crippen MR) is 54.3 cm³/mol. The van der Waals surface area contributed by atoms with Crippen molar-refractivity contribution in [3.8, 4) is 0 Å². The zero-order valence-electron chi connectivity index (χ0n) is 8.14. The van der Waals surface area contributed by atoms with Crippen LogP contribution in [0, 0.1) is 0 Å². The minimum atomic E-state index is 0.0789. The summed E-state index contributed by atoms with van der Waals surface area (Å²) in [5.74, 6) is 0. The van der Waals surface area contributed by atoms with Crippen molar-refractivity contribution in [3.63, 3.8) is 0 Å². The zero-order valence-corrected chi connectivity index (χ0v) is 8.14. The number of hydrogen-bond donors (Lipinski definition) is 0. The van der Waals surface area contributed by atoms with Gasteiger partial charge in [0.15, 0.2) is 6.10 Å². The highest BCUT2D eigenvalue weighted by Gasteiger charge is 2.21. The van der Waals surface area contributed by atoms with Crippen LogP contribution in [0.4, 0.5) is 0 Å². The highest BCUT2D eigenvalue weighted by atomic mass is 16.7. The normalized spacial score (nSPS) is 20.4. The van der Waals surface area contributed by atoms with E-state index in [4.69, 9.17) is 9.57 Å². The Labute approximate surface area is 83.3 Å². The Bertz CT molecular complexity index is 321. The van der Waals surface area contributed by atoms with E-state index < -0.39 is 0 Å². The molecule has 2 rings (SSSR count). The van der Waals surface area contributed by atoms with Crippen molar-refractivity contribution in [2.24, 2.45) is 5.16 Å². The minimum Gasteiger partial charge on any atom is -0.389 e. The highest BCUT2D eigenvalue weighted by molar-refractivity contribution is 6.01. The molecule has 1 aliphatic rings. The molecule has 0 amide bonds. The average Bonchev–Trinajstić information content (AvgIpc) is 2.68. The fourth-order valence-electron chi connectivity index (χ4n) is 1.50. The van der Waals surface area contributed by atoms with Gasteiger partial charge in [-0.05, 0) is 5.56 Å². The van der Waals surface area contributed by atoms with Gasteiger partial charge in [-0.3, -0.25) is 0 Å². The van der Waals surface area contributed by atoms with E-state index in [-0.39, 0.29) is 6.10 Å². The van der Waals surface area contributed by atoms with Gasteiger partial charge in [0.1, 0.15) is 0 Å². The first-order chi connectivity index (χ1) is 6.90. The van der Waals surface area contributed by atoms with Crippen molar-refractivity contribution >= 4 is 5.71 Å². The molecule has 1 aromatic carbocycles. The monoisotopic (exact) mass is 191 g/mol. The Hall–Kier alpha value is -1.35. The number of rotatable bonds is 3. The number of ether oxygens (including phenoxy) is 1. The van der Waals surface area contributed by atoms with E-state index in [9.17, 15) is 0 Å². The molecule has 0 radical (unpaired) electrons. The maximum absolute atomic E-state index is 5.22. The fraction of sp³-hybridized carbons (Fsp3) is 0.364. The van der Waals surface area contributed by atoms with Crippen LogP contribution in [-0.2, 0) is 9.57 Å². The van der Waals surface area contributed by atoms with E-state index in [1.807, 2.05) is 30.3 Å². The Morgan fingerprint density at radius 2 is 2.21 bits per heavy atom. The van der Waals surface area contributed by atoms with E-state index in [2.05, 4.69) is 5.16 Å². The average molecular weight is 191 g/mol. The quantitative estimate of drug-likeness (QED) is 0.729. The Balaban J connectivity index is 2.02. The van der Waals surface area contributed by atoms with Crippen LogP contribution in [0.1, 0.15) is 12.0 Å². The van der Waals surface area contributed by atoms with Crippen molar-refractivity contribution in [3.05, 3.63) is 35.9 Å². The van der Waals surface area contributed by atoms with Gasteiger partial charge in [0.2, 0.25) is 0 Å². The lowest BCUT2D eigenvalue weighted by Gasteiger charge is -2.04. The first-order valence-corrected chi connectivity index (χ1v) is 4.67. The summed E-state index contributed by atoms with van der Waals surface area (Å²) in [4.78, 5) is 5.22. The van der Waals surface area contributed by atoms with Crippen molar-refractivity contribution in [1.29, 1.82) is 0 Å². The molecule has 1 aliphatic heterocycles. The molecular formula is C11H13NO2. The molecule has 14 heavy (non-hydrogen) atoms. The largest absolute Gasteiger partial charge is 0.389 e. The molecule has 0 saturated heterocycles. The molecule has 0 fully saturated rings. The molecule has 1 aromatic rings. The second kappa shape index (κ2) is 4.24. The van der Waals surface area contributed by atoms with E-state index in [1.54, 1.807) is 7.11 Å². The third-order valence-corrected chi connectivity index (χ3v) is 2.19. The van der Waals surface area contributed by atoms with Crippen molar-refractivity contribution < 1.29 is 9.57 Å². The van der Waals surface area contributed by atoms with E-state index in [0.717, 1.165) is 17.7 Å². The first-order valence-electron chi connectivity index (χ1n) is 4.67. The van der Waals surface area contributed by atoms with Crippen LogP contribution in [0.25, 0.3) is 0 Å². The summed E-state index contributed by atoms with van der Waals surface area (Å²) in [5.41, 5.74) is 2.14. The summed E-state index contributed by atoms with van der Waals surface area (Å²) in [5, 5.41) is 4.04. The summed E-state index contributed by atoms with van der Waals surface area (Å²) < 4.78 is 5.01. The van der Waals surface area contributed by atoms with Crippen LogP contribution in [0.5, 0.6) is 0 Å². The number of hydrogen-bond acceptors (Lipinski definition) is 3. The lowest BCUT2D eigenvalue weighted by atomic mass is 10.1. The number of methoxy groups -OCH3 is 1. The van der Waals surface area contributed by atoms with Crippen LogP contribution in [-0.4, -0.2) is 25.5 Å². The van der Waals surface area contributed by atoms with Gasteiger partial charge in [0.25, 0.3) is 0 Å². The molecule has 0 bridgehead atoms. The third-order valence-electron chi connectivity index (χ3n) is 2.19. The summed E-state index contributed by atoms with van der Waals surface area (Å²) in [7, 11) is 1.67. The Kier molecular flexibility index (Phi) is 2.79. The molecule has 0 spiro atoms. The van der Waals surface area contributed by atoms with E-state index >= 15 is 0 Å². The van der Waals surface area contributed by atoms with Gasteiger partial charge in [-0.1, -0.05) is 35.5 Å². The van der Waals surface area contributed by atoms with Crippen molar-refractivity contribution in [2.75, 3.05) is 13.7 Å². The van der Waals surface area contributed by atoms with Crippen LogP contribution in [0.2, 0.25) is 0 Å². The topological polar surface area (TPSA) is 30.8 Å². The zero-order chi connectivity index (χ0) is 9.80. The standard InChI is InChI=1S/C11H13NO2/c1-13-8-10-7-11(12-14-10)9-5-3-2-4-6-9/h2-6,10H,7-8H2,1H3/t10-/m0/s1. The fourth-order valence-corrected chi connectivity index (χ4v) is 1.50. The Morgan fingerprint density at radius 1 is 1.43 bits per heavy atom. The molecule has 1 atom stereocenters. The summed E-state index contributed by atoms with van der Waals surface area (Å²) in [6.07, 6.45) is 0.910. The van der Waals surface area contributed by atoms with Gasteiger partial charge in [-0.2, -0.15) is 0 Å². The van der Waals surface area contributed by atoms with Crippen LogP contribution < -0.4 is 0 Å². The van der Waals surface area contributed by atoms with Crippen molar-refractivity contribution in [2.45, 2.75) is 12.5 Å². The van der Waals surface area contributed by atoms with Crippen molar-refractivity contribution in [1.82, 2.24) is 0 Å². The third kappa shape index (κ3) is 1.93. The number of nitrogens with zero attached hydrogens (tertiary/aromatic N) is 1. The van der Waals surface area contributed by atoms with Crippen LogP contribution in [0.3, 0.4) is 0 Å². The summed E-state index contributed by atoms with van der Waals surface area (Å²) in [6, 6.07) is 10.1. The maximum Gasteiger partial charge on any atom is 0.156 e. The molecule has 74 valence electrons. The number of benzene rings is 1. The van der Waals surface area contributed by atoms with Gasteiger partial charge in [-0.25, -0.2) is 0 Å². The van der Waals surface area contributed by atoms with Gasteiger partial charge < -0.3 is 9.57 Å². The predicted octanol–water partition coefficient (Wildman–Crippen LogP) is 1.83. The lowest BCUT2D eigenvalue weighted by Crippen LogP contribution is -2.14. The molecule has 1 heterocycles. The summed E-state index contributed by atoms with van der Waals surface area (Å²) >= 11 is 0. The number of oxime groups is 1. The van der Waals surface area contributed by atoms with Gasteiger partial charge in [-0.15, -0.1) is 0 Å². The van der Waals surface area contributed by atoms with E-state index in [0.29, 0.717) is 6.61 Å². The minimum absolute atomic E-state index is 0.0789. The highest BCUT2D eigenvalue weighted by Crippen LogP contribution is 2.16. The second-order valence-corrected chi connectivity index (χ2v) is 3.29. The molecule has 0 saturated carbocycles. The first kappa shape index (κ1) is 9.21. The van der Waals surface area contributed by atoms with Crippen LogP contribution in [0.15, 0.2) is 35.5 Å². The van der Waals surface area contributed by atoms with E-state index in [1.165, 1.54) is 0 Å². The van der Waals surface area contributed by atoms with Gasteiger partial charge in [0.05, 0.1) is 12.3 Å². The molecule has 3 heteroatoms.